The fraction of sp³-hybridized carbons (Fsp3) is 0.240. The van der Waals surface area contributed by atoms with Gasteiger partial charge in [-0.3, -0.25) is 19.1 Å². The van der Waals surface area contributed by atoms with Crippen LogP contribution in [0.5, 0.6) is 5.75 Å². The molecule has 0 aliphatic carbocycles. The lowest BCUT2D eigenvalue weighted by Crippen LogP contribution is -2.31. The van der Waals surface area contributed by atoms with Gasteiger partial charge in [0, 0.05) is 19.0 Å². The van der Waals surface area contributed by atoms with Crippen LogP contribution in [-0.2, 0) is 13.6 Å². The Kier molecular flexibility index (Phi) is 5.91. The topological polar surface area (TPSA) is 98.3 Å². The second-order valence-corrected chi connectivity index (χ2v) is 7.94. The second kappa shape index (κ2) is 8.82. The SMILES string of the molecule is CCCCn1c(=O)c(C(=O)Nc2c(C)n(C)n(-c3ccccc3)c2=O)c(O)c2ccccc21. The Hall–Kier alpha value is -4.07. The molecule has 0 spiro atoms. The summed E-state index contributed by atoms with van der Waals surface area (Å²) in [5.41, 5.74) is 0.382. The smallest absolute Gasteiger partial charge is 0.295 e. The fourth-order valence-corrected chi connectivity index (χ4v) is 4.02. The molecule has 2 aromatic carbocycles. The number of aromatic nitrogens is 3. The molecule has 0 saturated heterocycles. The molecule has 170 valence electrons. The average Bonchev–Trinajstić information content (AvgIpc) is 3.02. The van der Waals surface area contributed by atoms with Gasteiger partial charge in [-0.1, -0.05) is 43.7 Å². The number of hydrogen-bond donors (Lipinski definition) is 2. The molecule has 0 saturated carbocycles. The van der Waals surface area contributed by atoms with Gasteiger partial charge in [-0.25, -0.2) is 4.68 Å². The number of unbranched alkanes of at least 4 members (excludes halogenated alkanes) is 1. The maximum Gasteiger partial charge on any atom is 0.295 e. The Bertz CT molecular complexity index is 1460. The lowest BCUT2D eigenvalue weighted by Gasteiger charge is -2.14. The minimum absolute atomic E-state index is 0.0541. The molecule has 2 aromatic heterocycles. The van der Waals surface area contributed by atoms with E-state index in [4.69, 9.17) is 0 Å². The van der Waals surface area contributed by atoms with Gasteiger partial charge in [-0.2, -0.15) is 0 Å². The summed E-state index contributed by atoms with van der Waals surface area (Å²) in [7, 11) is 1.71. The van der Waals surface area contributed by atoms with Crippen molar-refractivity contribution < 1.29 is 9.90 Å². The van der Waals surface area contributed by atoms with Crippen LogP contribution in [-0.4, -0.2) is 24.9 Å². The highest BCUT2D eigenvalue weighted by Crippen LogP contribution is 2.27. The van der Waals surface area contributed by atoms with Gasteiger partial charge in [-0.15, -0.1) is 0 Å². The van der Waals surface area contributed by atoms with Crippen molar-refractivity contribution in [2.24, 2.45) is 7.05 Å². The van der Waals surface area contributed by atoms with E-state index < -0.39 is 22.8 Å². The Morgan fingerprint density at radius 3 is 2.36 bits per heavy atom. The summed E-state index contributed by atoms with van der Waals surface area (Å²) < 4.78 is 4.57. The molecule has 2 N–H and O–H groups in total. The van der Waals surface area contributed by atoms with Gasteiger partial charge >= 0.3 is 0 Å². The van der Waals surface area contributed by atoms with Crippen molar-refractivity contribution in [2.45, 2.75) is 33.2 Å². The number of hydrogen-bond acceptors (Lipinski definition) is 4. The zero-order valence-corrected chi connectivity index (χ0v) is 18.8. The summed E-state index contributed by atoms with van der Waals surface area (Å²) in [5.74, 6) is -1.21. The molecule has 1 amide bonds. The first-order valence-corrected chi connectivity index (χ1v) is 10.9. The maximum atomic E-state index is 13.3. The molecule has 4 rings (SSSR count). The molecule has 33 heavy (non-hydrogen) atoms. The molecule has 0 unspecified atom stereocenters. The molecule has 2 heterocycles. The van der Waals surface area contributed by atoms with Crippen LogP contribution in [0.3, 0.4) is 0 Å². The van der Waals surface area contributed by atoms with E-state index in [-0.39, 0.29) is 11.3 Å². The number of para-hydroxylation sites is 2. The lowest BCUT2D eigenvalue weighted by atomic mass is 10.1. The van der Waals surface area contributed by atoms with E-state index in [1.807, 2.05) is 25.1 Å². The summed E-state index contributed by atoms with van der Waals surface area (Å²) in [5, 5.41) is 13.8. The highest BCUT2D eigenvalue weighted by atomic mass is 16.3. The summed E-state index contributed by atoms with van der Waals surface area (Å²) in [6.07, 6.45) is 1.61. The van der Waals surface area contributed by atoms with E-state index in [0.717, 1.165) is 12.8 Å². The number of aromatic hydroxyl groups is 1. The van der Waals surface area contributed by atoms with Gasteiger partial charge < -0.3 is 15.0 Å². The van der Waals surface area contributed by atoms with Gasteiger partial charge in [0.2, 0.25) is 0 Å². The van der Waals surface area contributed by atoms with E-state index in [0.29, 0.717) is 28.8 Å². The van der Waals surface area contributed by atoms with Crippen LogP contribution in [0.1, 0.15) is 35.8 Å². The maximum absolute atomic E-state index is 13.3. The lowest BCUT2D eigenvalue weighted by molar-refractivity contribution is 0.102. The van der Waals surface area contributed by atoms with Crippen molar-refractivity contribution >= 4 is 22.5 Å². The summed E-state index contributed by atoms with van der Waals surface area (Å²) in [6.45, 7) is 4.13. The van der Waals surface area contributed by atoms with Gasteiger partial charge in [0.25, 0.3) is 17.0 Å². The third kappa shape index (κ3) is 3.73. The predicted molar refractivity (Wildman–Crippen MR) is 128 cm³/mol. The van der Waals surface area contributed by atoms with Crippen molar-refractivity contribution in [3.05, 3.63) is 86.6 Å². The third-order valence-electron chi connectivity index (χ3n) is 5.90. The molecular formula is C25H26N4O4. The number of rotatable bonds is 6. The number of benzene rings is 2. The average molecular weight is 447 g/mol. The minimum atomic E-state index is -0.820. The van der Waals surface area contributed by atoms with Crippen LogP contribution in [0.2, 0.25) is 0 Å². The second-order valence-electron chi connectivity index (χ2n) is 7.94. The van der Waals surface area contributed by atoms with Crippen molar-refractivity contribution in [1.29, 1.82) is 0 Å². The number of carbonyl (C=O) groups excluding carboxylic acids is 1. The summed E-state index contributed by atoms with van der Waals surface area (Å²) in [4.78, 5) is 39.7. The van der Waals surface area contributed by atoms with Crippen LogP contribution >= 0.6 is 0 Å². The van der Waals surface area contributed by atoms with Gasteiger partial charge in [0.05, 0.1) is 16.9 Å². The zero-order valence-electron chi connectivity index (χ0n) is 18.8. The first-order valence-electron chi connectivity index (χ1n) is 10.9. The standard InChI is InChI=1S/C25H26N4O4/c1-4-5-15-28-19-14-10-9-13-18(19)22(30)20(24(28)32)23(31)26-21-16(2)27(3)29(25(21)33)17-11-7-6-8-12-17/h6-14,30H,4-5,15H2,1-3H3,(H,26,31). The van der Waals surface area contributed by atoms with Crippen molar-refractivity contribution in [2.75, 3.05) is 5.32 Å². The Labute approximate surface area is 190 Å². The van der Waals surface area contributed by atoms with Crippen molar-refractivity contribution in [1.82, 2.24) is 13.9 Å². The normalized spacial score (nSPS) is 11.1. The van der Waals surface area contributed by atoms with Crippen LogP contribution in [0.4, 0.5) is 5.69 Å². The first-order chi connectivity index (χ1) is 15.9. The number of nitrogens with zero attached hydrogens (tertiary/aromatic N) is 3. The molecule has 0 radical (unpaired) electrons. The summed E-state index contributed by atoms with van der Waals surface area (Å²) >= 11 is 0. The molecule has 4 aromatic rings. The molecule has 0 aliphatic rings. The van der Waals surface area contributed by atoms with E-state index in [1.54, 1.807) is 55.1 Å². The highest BCUT2D eigenvalue weighted by molar-refractivity contribution is 6.09. The largest absolute Gasteiger partial charge is 0.506 e. The van der Waals surface area contributed by atoms with E-state index in [1.165, 1.54) is 9.25 Å². The fourth-order valence-electron chi connectivity index (χ4n) is 4.02. The molecule has 0 aliphatic heterocycles. The molecule has 8 nitrogen and oxygen atoms in total. The van der Waals surface area contributed by atoms with Crippen LogP contribution in [0.15, 0.2) is 64.2 Å². The molecule has 0 fully saturated rings. The minimum Gasteiger partial charge on any atom is -0.506 e. The monoisotopic (exact) mass is 446 g/mol. The van der Waals surface area contributed by atoms with Crippen molar-refractivity contribution in [3.63, 3.8) is 0 Å². The highest BCUT2D eigenvalue weighted by Gasteiger charge is 2.25. The summed E-state index contributed by atoms with van der Waals surface area (Å²) in [6, 6.07) is 16.0. The third-order valence-corrected chi connectivity index (χ3v) is 5.90. The van der Waals surface area contributed by atoms with Gasteiger partial charge in [0.15, 0.2) is 0 Å². The Morgan fingerprint density at radius 1 is 1.00 bits per heavy atom. The van der Waals surface area contributed by atoms with E-state index >= 15 is 0 Å². The Morgan fingerprint density at radius 2 is 1.67 bits per heavy atom. The van der Waals surface area contributed by atoms with E-state index in [9.17, 15) is 19.5 Å². The molecular weight excluding hydrogens is 420 g/mol. The number of pyridine rings is 1. The number of carbonyl (C=O) groups is 1. The van der Waals surface area contributed by atoms with Crippen LogP contribution in [0.25, 0.3) is 16.6 Å². The zero-order chi connectivity index (χ0) is 23.7. The van der Waals surface area contributed by atoms with Gasteiger partial charge in [-0.05, 0) is 37.6 Å². The molecule has 8 heteroatoms. The number of aryl methyl sites for hydroxylation is 1. The number of nitrogens with one attached hydrogen (secondary N) is 1. The number of fused-ring (bicyclic) bond motifs is 1. The van der Waals surface area contributed by atoms with Crippen molar-refractivity contribution in [3.8, 4) is 11.4 Å². The molecule has 0 bridgehead atoms. The molecule has 0 atom stereocenters. The number of amides is 1. The Balaban J connectivity index is 1.83. The van der Waals surface area contributed by atoms with E-state index in [2.05, 4.69) is 5.32 Å². The van der Waals surface area contributed by atoms with Gasteiger partial charge in [0.1, 0.15) is 17.0 Å². The number of anilines is 1. The van der Waals surface area contributed by atoms with Crippen LogP contribution < -0.4 is 16.4 Å². The van der Waals surface area contributed by atoms with Crippen LogP contribution in [0, 0.1) is 6.92 Å². The predicted octanol–water partition coefficient (Wildman–Crippen LogP) is 3.56. The first kappa shape index (κ1) is 22.1. The quantitative estimate of drug-likeness (QED) is 0.473.